The summed E-state index contributed by atoms with van der Waals surface area (Å²) in [7, 11) is 3.59. The maximum absolute atomic E-state index is 12.8. The third-order valence-corrected chi connectivity index (χ3v) is 5.12. The van der Waals surface area contributed by atoms with E-state index in [1.165, 1.54) is 0 Å². The molecule has 1 aliphatic heterocycles. The van der Waals surface area contributed by atoms with Gasteiger partial charge in [-0.05, 0) is 32.0 Å². The normalized spacial score (nSPS) is 21.8. The quantitative estimate of drug-likeness (QED) is 0.923. The van der Waals surface area contributed by atoms with Gasteiger partial charge in [-0.15, -0.1) is 0 Å². The van der Waals surface area contributed by atoms with Gasteiger partial charge < -0.3 is 14.6 Å². The lowest BCUT2D eigenvalue weighted by Crippen LogP contribution is -2.44. The minimum Gasteiger partial charge on any atom is -0.378 e. The Hall–Kier alpha value is -1.56. The van der Waals surface area contributed by atoms with Crippen molar-refractivity contribution in [2.24, 2.45) is 7.05 Å². The van der Waals surface area contributed by atoms with E-state index in [0.29, 0.717) is 16.8 Å². The van der Waals surface area contributed by atoms with Gasteiger partial charge in [0.25, 0.3) is 5.91 Å². The van der Waals surface area contributed by atoms with E-state index in [2.05, 4.69) is 24.1 Å². The van der Waals surface area contributed by atoms with Gasteiger partial charge in [0.15, 0.2) is 0 Å². The van der Waals surface area contributed by atoms with Crippen molar-refractivity contribution >= 4 is 28.4 Å². The molecule has 1 fully saturated rings. The van der Waals surface area contributed by atoms with Crippen LogP contribution >= 0.6 is 11.6 Å². The second kappa shape index (κ2) is 6.75. The first-order valence-electron chi connectivity index (χ1n) is 8.23. The molecular formula is C18H24ClN3O2. The summed E-state index contributed by atoms with van der Waals surface area (Å²) in [5, 5.41) is 4.81. The first kappa shape index (κ1) is 17.3. The molecule has 0 aliphatic carbocycles. The van der Waals surface area contributed by atoms with Gasteiger partial charge in [-0.3, -0.25) is 9.69 Å². The topological polar surface area (TPSA) is 46.5 Å². The molecule has 24 heavy (non-hydrogen) atoms. The van der Waals surface area contributed by atoms with Crippen molar-refractivity contribution in [2.75, 3.05) is 20.2 Å². The number of aryl methyl sites for hydroxylation is 1. The van der Waals surface area contributed by atoms with Crippen molar-refractivity contribution in [3.63, 3.8) is 0 Å². The summed E-state index contributed by atoms with van der Waals surface area (Å²) in [4.78, 5) is 15.1. The van der Waals surface area contributed by atoms with Crippen LogP contribution in [-0.4, -0.2) is 53.8 Å². The fourth-order valence-electron chi connectivity index (χ4n) is 3.37. The summed E-state index contributed by atoms with van der Waals surface area (Å²) in [6, 6.07) is 7.97. The highest BCUT2D eigenvalue weighted by Gasteiger charge is 2.35. The highest BCUT2D eigenvalue weighted by atomic mass is 35.5. The van der Waals surface area contributed by atoms with Crippen LogP contribution in [0.5, 0.6) is 0 Å². The lowest BCUT2D eigenvalue weighted by molar-refractivity contribution is 0.0748. The van der Waals surface area contributed by atoms with Gasteiger partial charge in [0.2, 0.25) is 0 Å². The van der Waals surface area contributed by atoms with Crippen LogP contribution in [0.2, 0.25) is 5.02 Å². The third kappa shape index (κ3) is 3.16. The highest BCUT2D eigenvalue weighted by Crippen LogP contribution is 2.23. The number of hydrogen-bond donors (Lipinski definition) is 1. The lowest BCUT2D eigenvalue weighted by Gasteiger charge is -2.20. The number of rotatable bonds is 4. The van der Waals surface area contributed by atoms with Crippen molar-refractivity contribution in [3.8, 4) is 0 Å². The summed E-state index contributed by atoms with van der Waals surface area (Å²) in [6.07, 6.45) is 0.0143. The molecule has 1 aromatic heterocycles. The maximum atomic E-state index is 12.8. The number of benzene rings is 1. The average Bonchev–Trinajstić information content (AvgIpc) is 3.09. The molecule has 0 bridgehead atoms. The molecule has 2 aromatic rings. The molecule has 2 heterocycles. The van der Waals surface area contributed by atoms with E-state index < -0.39 is 0 Å². The molecule has 1 saturated heterocycles. The van der Waals surface area contributed by atoms with E-state index in [-0.39, 0.29) is 18.1 Å². The number of carbonyl (C=O) groups is 1. The number of amides is 1. The Labute approximate surface area is 147 Å². The number of nitrogens with one attached hydrogen (secondary N) is 1. The number of aromatic nitrogens is 1. The summed E-state index contributed by atoms with van der Waals surface area (Å²) in [6.45, 7) is 5.96. The van der Waals surface area contributed by atoms with Gasteiger partial charge in [0.1, 0.15) is 5.69 Å². The maximum Gasteiger partial charge on any atom is 0.268 e. The number of halogens is 1. The van der Waals surface area contributed by atoms with Crippen LogP contribution in [-0.2, 0) is 11.8 Å². The molecule has 0 radical (unpaired) electrons. The Bertz CT molecular complexity index is 756. The van der Waals surface area contributed by atoms with Crippen molar-refractivity contribution in [1.82, 2.24) is 14.8 Å². The molecule has 130 valence electrons. The van der Waals surface area contributed by atoms with Crippen LogP contribution < -0.4 is 5.32 Å². The highest BCUT2D eigenvalue weighted by molar-refractivity contribution is 6.31. The van der Waals surface area contributed by atoms with E-state index in [9.17, 15) is 4.79 Å². The fourth-order valence-corrected chi connectivity index (χ4v) is 3.53. The smallest absolute Gasteiger partial charge is 0.268 e. The molecule has 1 aromatic carbocycles. The number of ether oxygens (including phenoxy) is 1. The number of likely N-dealkylation sites (tertiary alicyclic amines) is 1. The molecular weight excluding hydrogens is 326 g/mol. The van der Waals surface area contributed by atoms with Crippen LogP contribution in [0.3, 0.4) is 0 Å². The third-order valence-electron chi connectivity index (χ3n) is 4.88. The van der Waals surface area contributed by atoms with E-state index in [0.717, 1.165) is 24.0 Å². The van der Waals surface area contributed by atoms with E-state index >= 15 is 0 Å². The molecule has 1 amide bonds. The molecule has 0 saturated carbocycles. The monoisotopic (exact) mass is 349 g/mol. The Morgan fingerprint density at radius 3 is 2.75 bits per heavy atom. The van der Waals surface area contributed by atoms with Gasteiger partial charge in [-0.1, -0.05) is 17.7 Å². The molecule has 2 atom stereocenters. The van der Waals surface area contributed by atoms with Crippen molar-refractivity contribution < 1.29 is 9.53 Å². The Kier molecular flexibility index (Phi) is 4.85. The van der Waals surface area contributed by atoms with Gasteiger partial charge in [-0.25, -0.2) is 0 Å². The van der Waals surface area contributed by atoms with E-state index in [1.54, 1.807) is 7.11 Å². The number of methoxy groups -OCH3 is 1. The zero-order valence-electron chi connectivity index (χ0n) is 14.5. The molecule has 1 N–H and O–H groups in total. The molecule has 3 rings (SSSR count). The fraction of sp³-hybridized carbons (Fsp3) is 0.500. The zero-order chi connectivity index (χ0) is 17.4. The van der Waals surface area contributed by atoms with Crippen LogP contribution in [0.25, 0.3) is 10.9 Å². The standard InChI is InChI=1S/C18H24ClN3O2/c1-11(2)22-9-14(17(10-22)24-4)20-18(23)16-7-12-5-6-13(19)8-15(12)21(16)3/h5-8,11,14,17H,9-10H2,1-4H3,(H,20,23)/t14-,17-/m1/s1. The zero-order valence-corrected chi connectivity index (χ0v) is 15.3. The molecule has 5 nitrogen and oxygen atoms in total. The van der Waals surface area contributed by atoms with E-state index in [4.69, 9.17) is 16.3 Å². The Morgan fingerprint density at radius 2 is 2.08 bits per heavy atom. The average molecular weight is 350 g/mol. The summed E-state index contributed by atoms with van der Waals surface area (Å²) in [5.74, 6) is -0.0810. The largest absolute Gasteiger partial charge is 0.378 e. The van der Waals surface area contributed by atoms with Crippen LogP contribution in [0, 0.1) is 0 Å². The number of fused-ring (bicyclic) bond motifs is 1. The SMILES string of the molecule is CO[C@@H]1CN(C(C)C)C[C@H]1NC(=O)c1cc2ccc(Cl)cc2n1C. The molecule has 0 unspecified atom stereocenters. The predicted octanol–water partition coefficient (Wildman–Crippen LogP) is 2.67. The molecule has 6 heteroatoms. The van der Waals surface area contributed by atoms with Gasteiger partial charge in [0, 0.05) is 49.2 Å². The summed E-state index contributed by atoms with van der Waals surface area (Å²) < 4.78 is 7.45. The van der Waals surface area contributed by atoms with Crippen LogP contribution in [0.1, 0.15) is 24.3 Å². The Balaban J connectivity index is 1.81. The number of nitrogens with zero attached hydrogens (tertiary/aromatic N) is 2. The van der Waals surface area contributed by atoms with Gasteiger partial charge >= 0.3 is 0 Å². The number of carbonyl (C=O) groups excluding carboxylic acids is 1. The summed E-state index contributed by atoms with van der Waals surface area (Å²) >= 11 is 6.06. The van der Waals surface area contributed by atoms with Crippen molar-refractivity contribution in [3.05, 3.63) is 35.0 Å². The predicted molar refractivity (Wildman–Crippen MR) is 96.7 cm³/mol. The lowest BCUT2D eigenvalue weighted by atomic mass is 10.2. The first-order chi connectivity index (χ1) is 11.4. The van der Waals surface area contributed by atoms with Crippen molar-refractivity contribution in [2.45, 2.75) is 32.0 Å². The second-order valence-corrected chi connectivity index (χ2v) is 7.13. The summed E-state index contributed by atoms with van der Waals surface area (Å²) in [5.41, 5.74) is 1.58. The van der Waals surface area contributed by atoms with E-state index in [1.807, 2.05) is 35.9 Å². The van der Waals surface area contributed by atoms with Crippen LogP contribution in [0.4, 0.5) is 0 Å². The number of hydrogen-bond acceptors (Lipinski definition) is 3. The molecule has 0 spiro atoms. The minimum atomic E-state index is -0.0810. The second-order valence-electron chi connectivity index (χ2n) is 6.69. The minimum absolute atomic E-state index is 0.00787. The van der Waals surface area contributed by atoms with Crippen LogP contribution in [0.15, 0.2) is 24.3 Å². The van der Waals surface area contributed by atoms with Crippen molar-refractivity contribution in [1.29, 1.82) is 0 Å². The Morgan fingerprint density at radius 1 is 1.33 bits per heavy atom. The van der Waals surface area contributed by atoms with Gasteiger partial charge in [0.05, 0.1) is 12.1 Å². The molecule has 1 aliphatic rings. The van der Waals surface area contributed by atoms with Gasteiger partial charge in [-0.2, -0.15) is 0 Å². The first-order valence-corrected chi connectivity index (χ1v) is 8.61.